The molecule has 8 nitrogen and oxygen atoms in total. The topological polar surface area (TPSA) is 106 Å². The fraction of sp³-hybridized carbons (Fsp3) is 0.300. The maximum atomic E-state index is 12.0. The molecule has 0 aliphatic heterocycles. The number of aryl methyl sites for hydroxylation is 1. The monoisotopic (exact) mass is 382 g/mol. The van der Waals surface area contributed by atoms with E-state index in [2.05, 4.69) is 20.3 Å². The van der Waals surface area contributed by atoms with Crippen LogP contribution in [0.15, 0.2) is 30.5 Å². The highest BCUT2D eigenvalue weighted by Crippen LogP contribution is 2.32. The zero-order valence-electron chi connectivity index (χ0n) is 16.0. The van der Waals surface area contributed by atoms with Crippen molar-refractivity contribution in [3.8, 4) is 11.8 Å². The number of rotatable bonds is 8. The first kappa shape index (κ1) is 19.3. The number of aromatic carboxylic acids is 1. The molecular weight excluding hydrogens is 360 g/mol. The average molecular weight is 382 g/mol. The van der Waals surface area contributed by atoms with Crippen LogP contribution in [0.4, 0.5) is 11.4 Å². The Hall–Kier alpha value is -3.42. The molecule has 0 radical (unpaired) electrons. The second kappa shape index (κ2) is 8.51. The van der Waals surface area contributed by atoms with Gasteiger partial charge in [0.2, 0.25) is 11.8 Å². The van der Waals surface area contributed by atoms with Crippen LogP contribution in [0.2, 0.25) is 0 Å². The Labute approximate surface area is 162 Å². The lowest BCUT2D eigenvalue weighted by atomic mass is 10.1. The summed E-state index contributed by atoms with van der Waals surface area (Å²) in [5.41, 5.74) is 2.05. The van der Waals surface area contributed by atoms with Gasteiger partial charge in [-0.25, -0.2) is 14.8 Å². The molecule has 3 aromatic rings. The van der Waals surface area contributed by atoms with Crippen molar-refractivity contribution in [1.29, 1.82) is 0 Å². The predicted molar refractivity (Wildman–Crippen MR) is 106 cm³/mol. The van der Waals surface area contributed by atoms with Gasteiger partial charge in [0, 0.05) is 17.5 Å². The van der Waals surface area contributed by atoms with Gasteiger partial charge in [0.05, 0.1) is 36.5 Å². The molecule has 0 fully saturated rings. The van der Waals surface area contributed by atoms with Crippen LogP contribution in [0, 0.1) is 0 Å². The average Bonchev–Trinajstić information content (AvgIpc) is 2.69. The third-order valence-corrected chi connectivity index (χ3v) is 4.04. The molecule has 0 aliphatic rings. The van der Waals surface area contributed by atoms with E-state index in [1.165, 1.54) is 0 Å². The van der Waals surface area contributed by atoms with Crippen LogP contribution in [0.5, 0.6) is 11.8 Å². The largest absolute Gasteiger partial charge is 0.478 e. The SMILES string of the molecule is CCOc1ccc(Nc2c(C(=O)O)c(CC)nc3nc(OCC)ccc23)cn1. The number of hydrogen-bond acceptors (Lipinski definition) is 7. The van der Waals surface area contributed by atoms with Crippen molar-refractivity contribution in [3.05, 3.63) is 41.7 Å². The van der Waals surface area contributed by atoms with E-state index in [0.29, 0.717) is 59.5 Å². The highest BCUT2D eigenvalue weighted by molar-refractivity contribution is 6.05. The van der Waals surface area contributed by atoms with Crippen LogP contribution >= 0.6 is 0 Å². The van der Waals surface area contributed by atoms with Crippen molar-refractivity contribution in [2.24, 2.45) is 0 Å². The third-order valence-electron chi connectivity index (χ3n) is 4.04. The Morgan fingerprint density at radius 3 is 2.36 bits per heavy atom. The van der Waals surface area contributed by atoms with Crippen molar-refractivity contribution in [2.45, 2.75) is 27.2 Å². The standard InChI is InChI=1S/C20H22N4O4/c1-4-14-17(20(25)26)18(22-12-7-9-15(21-11-12)27-5-2)13-8-10-16(28-6-3)24-19(13)23-14/h7-11H,4-6H2,1-3H3,(H,25,26)(H,22,23,24). The van der Waals surface area contributed by atoms with Gasteiger partial charge in [0.1, 0.15) is 5.56 Å². The molecule has 2 N–H and O–H groups in total. The Kier molecular flexibility index (Phi) is 5.88. The number of carboxylic acids is 1. The summed E-state index contributed by atoms with van der Waals surface area (Å²) in [4.78, 5) is 25.1. The summed E-state index contributed by atoms with van der Waals surface area (Å²) in [6.07, 6.45) is 2.05. The van der Waals surface area contributed by atoms with Crippen molar-refractivity contribution < 1.29 is 19.4 Å². The first-order valence-electron chi connectivity index (χ1n) is 9.12. The zero-order valence-corrected chi connectivity index (χ0v) is 16.0. The van der Waals surface area contributed by atoms with E-state index in [1.807, 2.05) is 20.8 Å². The predicted octanol–water partition coefficient (Wildman–Crippen LogP) is 3.83. The molecule has 3 aromatic heterocycles. The van der Waals surface area contributed by atoms with Crippen LogP contribution in [0.1, 0.15) is 36.8 Å². The molecule has 0 amide bonds. The summed E-state index contributed by atoms with van der Waals surface area (Å²) in [5, 5.41) is 13.6. The van der Waals surface area contributed by atoms with Gasteiger partial charge in [-0.2, -0.15) is 4.98 Å². The number of carbonyl (C=O) groups is 1. The maximum absolute atomic E-state index is 12.0. The molecule has 0 saturated heterocycles. The molecule has 0 bridgehead atoms. The van der Waals surface area contributed by atoms with Crippen LogP contribution in [-0.2, 0) is 6.42 Å². The second-order valence-corrected chi connectivity index (χ2v) is 5.86. The first-order valence-corrected chi connectivity index (χ1v) is 9.12. The van der Waals surface area contributed by atoms with Gasteiger partial charge < -0.3 is 19.9 Å². The molecule has 0 atom stereocenters. The molecule has 0 spiro atoms. The quantitative estimate of drug-likeness (QED) is 0.605. The lowest BCUT2D eigenvalue weighted by molar-refractivity contribution is 0.0696. The minimum Gasteiger partial charge on any atom is -0.478 e. The molecule has 3 heterocycles. The van der Waals surface area contributed by atoms with Crippen LogP contribution in [-0.4, -0.2) is 39.2 Å². The maximum Gasteiger partial charge on any atom is 0.339 e. The molecule has 0 saturated carbocycles. The Bertz CT molecular complexity index is 990. The number of anilines is 2. The molecule has 28 heavy (non-hydrogen) atoms. The molecule has 146 valence electrons. The summed E-state index contributed by atoms with van der Waals surface area (Å²) < 4.78 is 10.8. The summed E-state index contributed by atoms with van der Waals surface area (Å²) in [6, 6.07) is 6.97. The first-order chi connectivity index (χ1) is 13.6. The van der Waals surface area contributed by atoms with E-state index < -0.39 is 5.97 Å². The number of hydrogen-bond donors (Lipinski definition) is 2. The Morgan fingerprint density at radius 1 is 1.04 bits per heavy atom. The highest BCUT2D eigenvalue weighted by Gasteiger charge is 2.21. The van der Waals surface area contributed by atoms with E-state index in [0.717, 1.165) is 0 Å². The molecule has 3 rings (SSSR count). The molecule has 0 aliphatic carbocycles. The van der Waals surface area contributed by atoms with Gasteiger partial charge in [-0.1, -0.05) is 6.92 Å². The second-order valence-electron chi connectivity index (χ2n) is 5.86. The fourth-order valence-electron chi connectivity index (χ4n) is 2.85. The molecular formula is C20H22N4O4. The number of nitrogens with one attached hydrogen (secondary N) is 1. The van der Waals surface area contributed by atoms with Crippen molar-refractivity contribution in [2.75, 3.05) is 18.5 Å². The fourth-order valence-corrected chi connectivity index (χ4v) is 2.85. The van der Waals surface area contributed by atoms with Gasteiger partial charge >= 0.3 is 5.97 Å². The molecule has 8 heteroatoms. The Morgan fingerprint density at radius 2 is 1.75 bits per heavy atom. The van der Waals surface area contributed by atoms with Crippen molar-refractivity contribution in [3.63, 3.8) is 0 Å². The van der Waals surface area contributed by atoms with Gasteiger partial charge in [-0.15, -0.1) is 0 Å². The number of aromatic nitrogens is 3. The summed E-state index contributed by atoms with van der Waals surface area (Å²) >= 11 is 0. The van der Waals surface area contributed by atoms with Crippen molar-refractivity contribution >= 4 is 28.4 Å². The lowest BCUT2D eigenvalue weighted by Gasteiger charge is -2.16. The third kappa shape index (κ3) is 3.95. The number of fused-ring (bicyclic) bond motifs is 1. The van der Waals surface area contributed by atoms with E-state index >= 15 is 0 Å². The minimum absolute atomic E-state index is 0.120. The van der Waals surface area contributed by atoms with Gasteiger partial charge in [-0.3, -0.25) is 0 Å². The molecule has 0 unspecified atom stereocenters. The lowest BCUT2D eigenvalue weighted by Crippen LogP contribution is -2.11. The van der Waals surface area contributed by atoms with E-state index in [1.54, 1.807) is 30.5 Å². The number of carboxylic acid groups (broad SMARTS) is 1. The number of pyridine rings is 3. The minimum atomic E-state index is -1.05. The van der Waals surface area contributed by atoms with Gasteiger partial charge in [0.25, 0.3) is 0 Å². The van der Waals surface area contributed by atoms with E-state index in [9.17, 15) is 9.90 Å². The van der Waals surface area contributed by atoms with Gasteiger partial charge in [0.15, 0.2) is 5.65 Å². The normalized spacial score (nSPS) is 10.7. The zero-order chi connectivity index (χ0) is 20.1. The van der Waals surface area contributed by atoms with Gasteiger partial charge in [-0.05, 0) is 32.4 Å². The Balaban J connectivity index is 2.13. The van der Waals surface area contributed by atoms with Crippen LogP contribution in [0.3, 0.4) is 0 Å². The van der Waals surface area contributed by atoms with Crippen LogP contribution in [0.25, 0.3) is 11.0 Å². The summed E-state index contributed by atoms with van der Waals surface area (Å²) in [6.45, 7) is 6.61. The molecule has 0 aromatic carbocycles. The number of nitrogens with zero attached hydrogens (tertiary/aromatic N) is 3. The highest BCUT2D eigenvalue weighted by atomic mass is 16.5. The number of ether oxygens (including phenoxy) is 2. The summed E-state index contributed by atoms with van der Waals surface area (Å²) in [7, 11) is 0. The van der Waals surface area contributed by atoms with E-state index in [-0.39, 0.29) is 5.56 Å². The van der Waals surface area contributed by atoms with Crippen LogP contribution < -0.4 is 14.8 Å². The smallest absolute Gasteiger partial charge is 0.339 e. The summed E-state index contributed by atoms with van der Waals surface area (Å²) in [5.74, 6) is -0.105. The van der Waals surface area contributed by atoms with E-state index in [4.69, 9.17) is 9.47 Å². The van der Waals surface area contributed by atoms with Crippen molar-refractivity contribution in [1.82, 2.24) is 15.0 Å².